The first-order chi connectivity index (χ1) is 12.8. The zero-order valence-corrected chi connectivity index (χ0v) is 15.5. The number of non-ortho nitro benzene ring substituents is 1. The van der Waals surface area contributed by atoms with Gasteiger partial charge in [0.2, 0.25) is 21.7 Å². The van der Waals surface area contributed by atoms with E-state index in [1.165, 1.54) is 25.2 Å². The topological polar surface area (TPSA) is 119 Å². The molecular formula is C16H13ClN4O5S. The van der Waals surface area contributed by atoms with Crippen LogP contribution < -0.4 is 0 Å². The van der Waals surface area contributed by atoms with Crippen molar-refractivity contribution in [2.75, 3.05) is 7.05 Å². The van der Waals surface area contributed by atoms with E-state index < -0.39 is 14.9 Å². The number of nitro benzene ring substituents is 1. The largest absolute Gasteiger partial charge is 0.338 e. The summed E-state index contributed by atoms with van der Waals surface area (Å²) in [4.78, 5) is 14.2. The zero-order valence-electron chi connectivity index (χ0n) is 13.9. The number of aromatic nitrogens is 2. The van der Waals surface area contributed by atoms with Crippen LogP contribution in [-0.2, 0) is 16.6 Å². The molecule has 2 aromatic carbocycles. The molecule has 0 aliphatic carbocycles. The molecule has 0 saturated carbocycles. The monoisotopic (exact) mass is 408 g/mol. The van der Waals surface area contributed by atoms with Gasteiger partial charge in [0.15, 0.2) is 0 Å². The van der Waals surface area contributed by atoms with Crippen molar-refractivity contribution in [2.45, 2.75) is 11.4 Å². The van der Waals surface area contributed by atoms with Crippen molar-refractivity contribution in [3.05, 3.63) is 69.6 Å². The van der Waals surface area contributed by atoms with Crippen LogP contribution in [0.4, 0.5) is 5.69 Å². The number of rotatable bonds is 6. The van der Waals surface area contributed by atoms with Crippen molar-refractivity contribution in [1.29, 1.82) is 0 Å². The van der Waals surface area contributed by atoms with Gasteiger partial charge < -0.3 is 4.52 Å². The zero-order chi connectivity index (χ0) is 19.6. The molecule has 0 N–H and O–H groups in total. The van der Waals surface area contributed by atoms with Gasteiger partial charge in [-0.2, -0.15) is 9.29 Å². The van der Waals surface area contributed by atoms with Crippen LogP contribution in [0.3, 0.4) is 0 Å². The SMILES string of the molecule is CN(Cc1nc(-c2ccccc2Cl)no1)S(=O)(=O)c1cccc([N+](=O)[O-])c1. The maximum absolute atomic E-state index is 12.6. The van der Waals surface area contributed by atoms with Crippen LogP contribution in [0.2, 0.25) is 5.02 Å². The molecule has 27 heavy (non-hydrogen) atoms. The molecule has 1 heterocycles. The van der Waals surface area contributed by atoms with Crippen LogP contribution in [0.5, 0.6) is 0 Å². The molecule has 3 rings (SSSR count). The van der Waals surface area contributed by atoms with Gasteiger partial charge in [0.25, 0.3) is 5.69 Å². The first kappa shape index (κ1) is 19.0. The van der Waals surface area contributed by atoms with Gasteiger partial charge in [-0.1, -0.05) is 35.0 Å². The van der Waals surface area contributed by atoms with Gasteiger partial charge in [0.05, 0.1) is 21.4 Å². The Morgan fingerprint density at radius 2 is 1.96 bits per heavy atom. The normalized spacial score (nSPS) is 11.7. The lowest BCUT2D eigenvalue weighted by Crippen LogP contribution is -2.26. The predicted octanol–water partition coefficient (Wildman–Crippen LogP) is 3.12. The molecule has 0 unspecified atom stereocenters. The Hall–Kier alpha value is -2.82. The summed E-state index contributed by atoms with van der Waals surface area (Å²) in [5, 5.41) is 15.1. The number of hydrogen-bond donors (Lipinski definition) is 0. The molecular weight excluding hydrogens is 396 g/mol. The van der Waals surface area contributed by atoms with E-state index in [-0.39, 0.29) is 28.8 Å². The van der Waals surface area contributed by atoms with Crippen LogP contribution in [0, 0.1) is 10.1 Å². The van der Waals surface area contributed by atoms with Gasteiger partial charge in [-0.15, -0.1) is 0 Å². The van der Waals surface area contributed by atoms with E-state index in [9.17, 15) is 18.5 Å². The van der Waals surface area contributed by atoms with Gasteiger partial charge >= 0.3 is 0 Å². The van der Waals surface area contributed by atoms with E-state index in [0.29, 0.717) is 10.6 Å². The van der Waals surface area contributed by atoms with Gasteiger partial charge in [-0.3, -0.25) is 10.1 Å². The first-order valence-corrected chi connectivity index (χ1v) is 9.39. The first-order valence-electron chi connectivity index (χ1n) is 7.57. The Morgan fingerprint density at radius 3 is 2.67 bits per heavy atom. The number of benzene rings is 2. The molecule has 0 fully saturated rings. The van der Waals surface area contributed by atoms with E-state index in [0.717, 1.165) is 10.4 Å². The van der Waals surface area contributed by atoms with Gasteiger partial charge in [-0.25, -0.2) is 8.42 Å². The minimum Gasteiger partial charge on any atom is -0.338 e. The van der Waals surface area contributed by atoms with E-state index in [4.69, 9.17) is 16.1 Å². The van der Waals surface area contributed by atoms with Gasteiger partial charge in [0.1, 0.15) is 0 Å². The van der Waals surface area contributed by atoms with Gasteiger partial charge in [0, 0.05) is 24.7 Å². The molecule has 1 aromatic heterocycles. The third kappa shape index (κ3) is 3.97. The van der Waals surface area contributed by atoms with E-state index in [1.807, 2.05) is 0 Å². The van der Waals surface area contributed by atoms with Crippen LogP contribution in [0.1, 0.15) is 5.89 Å². The van der Waals surface area contributed by atoms with Crippen molar-refractivity contribution < 1.29 is 17.9 Å². The molecule has 0 atom stereocenters. The fourth-order valence-corrected chi connectivity index (χ4v) is 3.66. The van der Waals surface area contributed by atoms with Crippen LogP contribution in [0.25, 0.3) is 11.4 Å². The molecule has 3 aromatic rings. The highest BCUT2D eigenvalue weighted by atomic mass is 35.5. The minimum atomic E-state index is -3.98. The molecule has 0 aliphatic heterocycles. The molecule has 0 amide bonds. The summed E-state index contributed by atoms with van der Waals surface area (Å²) >= 11 is 6.08. The molecule has 0 bridgehead atoms. The standard InChI is InChI=1S/C16H13ClN4O5S/c1-20(27(24,25)12-6-4-5-11(9-12)21(22)23)10-15-18-16(19-26-15)13-7-2-3-8-14(13)17/h2-9H,10H2,1H3. The quantitative estimate of drug-likeness (QED) is 0.454. The maximum Gasteiger partial charge on any atom is 0.270 e. The van der Waals surface area contributed by atoms with Crippen molar-refractivity contribution in [1.82, 2.24) is 14.4 Å². The number of hydrogen-bond acceptors (Lipinski definition) is 7. The summed E-state index contributed by atoms with van der Waals surface area (Å²) in [5.74, 6) is 0.290. The highest BCUT2D eigenvalue weighted by Crippen LogP contribution is 2.26. The Morgan fingerprint density at radius 1 is 1.22 bits per heavy atom. The third-order valence-electron chi connectivity index (χ3n) is 3.68. The summed E-state index contributed by atoms with van der Waals surface area (Å²) in [5.41, 5.74) is 0.238. The maximum atomic E-state index is 12.6. The smallest absolute Gasteiger partial charge is 0.270 e. The van der Waals surface area contributed by atoms with Crippen molar-refractivity contribution in [3.8, 4) is 11.4 Å². The van der Waals surface area contributed by atoms with Crippen molar-refractivity contribution >= 4 is 27.3 Å². The Kier molecular flexibility index (Phi) is 5.22. The Balaban J connectivity index is 1.83. The van der Waals surface area contributed by atoms with E-state index in [1.54, 1.807) is 24.3 Å². The summed E-state index contributed by atoms with van der Waals surface area (Å²) < 4.78 is 31.3. The van der Waals surface area contributed by atoms with Crippen LogP contribution in [0.15, 0.2) is 57.9 Å². The lowest BCUT2D eigenvalue weighted by molar-refractivity contribution is -0.385. The number of nitro groups is 1. The lowest BCUT2D eigenvalue weighted by Gasteiger charge is -2.14. The fourth-order valence-electron chi connectivity index (χ4n) is 2.28. The average molecular weight is 409 g/mol. The van der Waals surface area contributed by atoms with E-state index >= 15 is 0 Å². The molecule has 0 saturated heterocycles. The van der Waals surface area contributed by atoms with Crippen LogP contribution >= 0.6 is 11.6 Å². The summed E-state index contributed by atoms with van der Waals surface area (Å²) in [7, 11) is -2.67. The summed E-state index contributed by atoms with van der Waals surface area (Å²) in [6, 6.07) is 11.7. The third-order valence-corrected chi connectivity index (χ3v) is 5.81. The molecule has 9 nitrogen and oxygen atoms in total. The Labute approximate surface area is 159 Å². The molecule has 0 radical (unpaired) electrons. The second-order valence-electron chi connectivity index (χ2n) is 5.51. The van der Waals surface area contributed by atoms with E-state index in [2.05, 4.69) is 10.1 Å². The average Bonchev–Trinajstić information content (AvgIpc) is 3.10. The number of nitrogens with zero attached hydrogens (tertiary/aromatic N) is 4. The summed E-state index contributed by atoms with van der Waals surface area (Å²) in [6.07, 6.45) is 0. The number of sulfonamides is 1. The molecule has 11 heteroatoms. The Bertz CT molecular complexity index is 1100. The highest BCUT2D eigenvalue weighted by Gasteiger charge is 2.25. The van der Waals surface area contributed by atoms with Crippen molar-refractivity contribution in [2.24, 2.45) is 0 Å². The predicted molar refractivity (Wildman–Crippen MR) is 96.5 cm³/mol. The fraction of sp³-hybridized carbons (Fsp3) is 0.125. The second kappa shape index (κ2) is 7.43. The molecule has 0 spiro atoms. The molecule has 0 aliphatic rings. The molecule has 140 valence electrons. The lowest BCUT2D eigenvalue weighted by atomic mass is 10.2. The van der Waals surface area contributed by atoms with Gasteiger partial charge in [-0.05, 0) is 18.2 Å². The number of halogens is 1. The minimum absolute atomic E-state index is 0.0569. The second-order valence-corrected chi connectivity index (χ2v) is 7.96. The summed E-state index contributed by atoms with van der Waals surface area (Å²) in [6.45, 7) is -0.206. The van der Waals surface area contributed by atoms with Crippen LogP contribution in [-0.4, -0.2) is 34.8 Å². The highest BCUT2D eigenvalue weighted by molar-refractivity contribution is 7.89. The van der Waals surface area contributed by atoms with Crippen molar-refractivity contribution in [3.63, 3.8) is 0 Å².